The molecule has 1 aromatic rings. The van der Waals surface area contributed by atoms with Gasteiger partial charge in [0.1, 0.15) is 0 Å². The number of carboxylic acids is 1. The van der Waals surface area contributed by atoms with Crippen molar-refractivity contribution in [2.75, 3.05) is 0 Å². The van der Waals surface area contributed by atoms with Crippen molar-refractivity contribution in [2.24, 2.45) is 5.92 Å². The number of hydrogen-bond donors (Lipinski definition) is 1. The molecule has 0 amide bonds. The van der Waals surface area contributed by atoms with Gasteiger partial charge in [0.15, 0.2) is 0 Å². The number of aromatic nitrogens is 2. The van der Waals surface area contributed by atoms with Crippen molar-refractivity contribution in [3.05, 3.63) is 18.0 Å². The molecule has 0 aliphatic heterocycles. The second kappa shape index (κ2) is 4.79. The maximum Gasteiger partial charge on any atom is 0.303 e. The van der Waals surface area contributed by atoms with Gasteiger partial charge in [-0.05, 0) is 17.9 Å². The van der Waals surface area contributed by atoms with Crippen LogP contribution < -0.4 is 0 Å². The first kappa shape index (κ1) is 10.8. The molecule has 0 saturated heterocycles. The average Bonchev–Trinajstić information content (AvgIpc) is 2.47. The fourth-order valence-electron chi connectivity index (χ4n) is 1.26. The maximum atomic E-state index is 10.3. The van der Waals surface area contributed by atoms with Crippen molar-refractivity contribution in [1.29, 1.82) is 0 Å². The van der Waals surface area contributed by atoms with Crippen LogP contribution in [0.25, 0.3) is 0 Å². The molecule has 0 fully saturated rings. The van der Waals surface area contributed by atoms with Gasteiger partial charge in [-0.3, -0.25) is 9.48 Å². The quantitative estimate of drug-likeness (QED) is 0.777. The number of hydrogen-bond acceptors (Lipinski definition) is 2. The van der Waals surface area contributed by atoms with Crippen molar-refractivity contribution in [3.8, 4) is 0 Å². The lowest BCUT2D eigenvalue weighted by atomic mass is 10.2. The van der Waals surface area contributed by atoms with E-state index in [1.165, 1.54) is 0 Å². The Morgan fingerprint density at radius 1 is 1.64 bits per heavy atom. The normalized spacial score (nSPS) is 10.8. The van der Waals surface area contributed by atoms with Crippen molar-refractivity contribution in [2.45, 2.75) is 33.2 Å². The summed E-state index contributed by atoms with van der Waals surface area (Å²) in [6.45, 7) is 5.13. The smallest absolute Gasteiger partial charge is 0.303 e. The summed E-state index contributed by atoms with van der Waals surface area (Å²) >= 11 is 0. The number of aliphatic carboxylic acids is 1. The van der Waals surface area contributed by atoms with E-state index in [4.69, 9.17) is 5.11 Å². The Labute approximate surface area is 83.5 Å². The number of aryl methyl sites for hydroxylation is 1. The molecule has 0 aliphatic rings. The SMILES string of the molecule is CC(C)Cn1cc(CCC(=O)O)cn1. The first-order valence-electron chi connectivity index (χ1n) is 4.81. The van der Waals surface area contributed by atoms with E-state index >= 15 is 0 Å². The highest BCUT2D eigenvalue weighted by atomic mass is 16.4. The number of nitrogens with zero attached hydrogens (tertiary/aromatic N) is 2. The molecule has 0 unspecified atom stereocenters. The van der Waals surface area contributed by atoms with Gasteiger partial charge in [0.2, 0.25) is 0 Å². The van der Waals surface area contributed by atoms with E-state index in [1.807, 2.05) is 10.9 Å². The Kier molecular flexibility index (Phi) is 3.68. The number of carboxylic acid groups (broad SMARTS) is 1. The Balaban J connectivity index is 2.46. The minimum Gasteiger partial charge on any atom is -0.481 e. The topological polar surface area (TPSA) is 55.1 Å². The fraction of sp³-hybridized carbons (Fsp3) is 0.600. The Morgan fingerprint density at radius 3 is 2.93 bits per heavy atom. The van der Waals surface area contributed by atoms with Crippen molar-refractivity contribution < 1.29 is 9.90 Å². The van der Waals surface area contributed by atoms with Gasteiger partial charge in [0, 0.05) is 19.2 Å². The lowest BCUT2D eigenvalue weighted by molar-refractivity contribution is -0.136. The van der Waals surface area contributed by atoms with Crippen LogP contribution in [0, 0.1) is 5.92 Å². The lowest BCUT2D eigenvalue weighted by Gasteiger charge is -2.03. The van der Waals surface area contributed by atoms with Crippen LogP contribution in [0.4, 0.5) is 0 Å². The third kappa shape index (κ3) is 3.60. The zero-order valence-electron chi connectivity index (χ0n) is 8.60. The largest absolute Gasteiger partial charge is 0.481 e. The lowest BCUT2D eigenvalue weighted by Crippen LogP contribution is -2.04. The van der Waals surface area contributed by atoms with Crippen molar-refractivity contribution in [1.82, 2.24) is 9.78 Å². The summed E-state index contributed by atoms with van der Waals surface area (Å²) in [6, 6.07) is 0. The van der Waals surface area contributed by atoms with Gasteiger partial charge < -0.3 is 5.11 Å². The third-order valence-electron chi connectivity index (χ3n) is 1.87. The van der Waals surface area contributed by atoms with Crippen LogP contribution in [0.3, 0.4) is 0 Å². The first-order chi connectivity index (χ1) is 6.58. The molecule has 1 N–H and O–H groups in total. The second-order valence-corrected chi connectivity index (χ2v) is 3.86. The van der Waals surface area contributed by atoms with E-state index in [0.29, 0.717) is 12.3 Å². The highest BCUT2D eigenvalue weighted by molar-refractivity contribution is 5.67. The average molecular weight is 196 g/mol. The molecule has 0 bridgehead atoms. The highest BCUT2D eigenvalue weighted by Gasteiger charge is 2.03. The maximum absolute atomic E-state index is 10.3. The molecule has 4 heteroatoms. The molecule has 4 nitrogen and oxygen atoms in total. The van der Waals surface area contributed by atoms with Gasteiger partial charge in [-0.15, -0.1) is 0 Å². The van der Waals surface area contributed by atoms with Gasteiger partial charge in [-0.1, -0.05) is 13.8 Å². The Bertz CT molecular complexity index is 305. The minimum atomic E-state index is -0.762. The zero-order valence-corrected chi connectivity index (χ0v) is 8.60. The molecule has 1 rings (SSSR count). The van der Waals surface area contributed by atoms with Crippen LogP contribution >= 0.6 is 0 Å². The summed E-state index contributed by atoms with van der Waals surface area (Å²) in [5.41, 5.74) is 0.994. The molecule has 0 radical (unpaired) electrons. The zero-order chi connectivity index (χ0) is 10.6. The summed E-state index contributed by atoms with van der Waals surface area (Å²) in [7, 11) is 0. The molecule has 78 valence electrons. The van der Waals surface area contributed by atoms with Crippen molar-refractivity contribution in [3.63, 3.8) is 0 Å². The molecule has 1 heterocycles. The van der Waals surface area contributed by atoms with E-state index in [1.54, 1.807) is 6.20 Å². The van der Waals surface area contributed by atoms with Gasteiger partial charge in [-0.2, -0.15) is 5.10 Å². The van der Waals surface area contributed by atoms with E-state index in [0.717, 1.165) is 12.1 Å². The molecule has 0 aromatic carbocycles. The minimum absolute atomic E-state index is 0.174. The third-order valence-corrected chi connectivity index (χ3v) is 1.87. The van der Waals surface area contributed by atoms with Crippen LogP contribution in [0.2, 0.25) is 0 Å². The van der Waals surface area contributed by atoms with E-state index in [9.17, 15) is 4.79 Å². The first-order valence-corrected chi connectivity index (χ1v) is 4.81. The predicted molar refractivity (Wildman–Crippen MR) is 53.0 cm³/mol. The van der Waals surface area contributed by atoms with E-state index < -0.39 is 5.97 Å². The summed E-state index contributed by atoms with van der Waals surface area (Å²) in [4.78, 5) is 10.3. The van der Waals surface area contributed by atoms with Gasteiger partial charge in [0.05, 0.1) is 6.20 Å². The predicted octanol–water partition coefficient (Wildman–Crippen LogP) is 1.56. The molecule has 0 aliphatic carbocycles. The van der Waals surface area contributed by atoms with Crippen LogP contribution in [-0.2, 0) is 17.8 Å². The summed E-state index contributed by atoms with van der Waals surface area (Å²) in [6.07, 6.45) is 4.40. The van der Waals surface area contributed by atoms with Gasteiger partial charge in [0.25, 0.3) is 0 Å². The van der Waals surface area contributed by atoms with E-state index in [2.05, 4.69) is 18.9 Å². The Morgan fingerprint density at radius 2 is 2.36 bits per heavy atom. The monoisotopic (exact) mass is 196 g/mol. The molecular formula is C10H16N2O2. The van der Waals surface area contributed by atoms with Crippen LogP contribution in [0.5, 0.6) is 0 Å². The second-order valence-electron chi connectivity index (χ2n) is 3.86. The number of rotatable bonds is 5. The highest BCUT2D eigenvalue weighted by Crippen LogP contribution is 2.04. The van der Waals surface area contributed by atoms with Crippen LogP contribution in [-0.4, -0.2) is 20.9 Å². The molecule has 0 atom stereocenters. The van der Waals surface area contributed by atoms with Gasteiger partial charge >= 0.3 is 5.97 Å². The Hall–Kier alpha value is -1.32. The van der Waals surface area contributed by atoms with Crippen molar-refractivity contribution >= 4 is 5.97 Å². The number of carbonyl (C=O) groups is 1. The molecule has 1 aromatic heterocycles. The molecular weight excluding hydrogens is 180 g/mol. The summed E-state index contributed by atoms with van der Waals surface area (Å²) < 4.78 is 1.86. The van der Waals surface area contributed by atoms with Crippen LogP contribution in [0.1, 0.15) is 25.8 Å². The standard InChI is InChI=1S/C10H16N2O2/c1-8(2)6-12-7-9(5-11-12)3-4-10(13)14/h5,7-8H,3-4,6H2,1-2H3,(H,13,14). The molecule has 0 spiro atoms. The van der Waals surface area contributed by atoms with Crippen LogP contribution in [0.15, 0.2) is 12.4 Å². The van der Waals surface area contributed by atoms with Gasteiger partial charge in [-0.25, -0.2) is 0 Å². The summed E-state index contributed by atoms with van der Waals surface area (Å²) in [5, 5.41) is 12.7. The fourth-order valence-corrected chi connectivity index (χ4v) is 1.26. The summed E-state index contributed by atoms with van der Waals surface area (Å²) in [5.74, 6) is -0.205. The molecule has 0 saturated carbocycles. The van der Waals surface area contributed by atoms with E-state index in [-0.39, 0.29) is 6.42 Å². The molecule has 14 heavy (non-hydrogen) atoms.